The van der Waals surface area contributed by atoms with Gasteiger partial charge in [0.1, 0.15) is 17.2 Å². The number of nitrogens with two attached hydrogens (primary N) is 1. The molecular formula is C16H17NO3. The van der Waals surface area contributed by atoms with Crippen molar-refractivity contribution < 1.29 is 14.2 Å². The first-order valence-electron chi connectivity index (χ1n) is 6.56. The largest absolute Gasteiger partial charge is 0.497 e. The van der Waals surface area contributed by atoms with Crippen LogP contribution < -0.4 is 19.9 Å². The van der Waals surface area contributed by atoms with Crippen LogP contribution in [0.3, 0.4) is 0 Å². The number of nitrogen functional groups attached to an aromatic ring is 1. The van der Waals surface area contributed by atoms with Gasteiger partial charge in [0.2, 0.25) is 0 Å². The fourth-order valence-corrected chi connectivity index (χ4v) is 2.34. The smallest absolute Gasteiger partial charge is 0.142 e. The lowest BCUT2D eigenvalue weighted by molar-refractivity contribution is 0.249. The van der Waals surface area contributed by atoms with Crippen LogP contribution in [-0.2, 0) is 0 Å². The van der Waals surface area contributed by atoms with E-state index in [2.05, 4.69) is 6.07 Å². The fraction of sp³-hybridized carbons (Fsp3) is 0.250. The minimum absolute atomic E-state index is 0.243. The minimum Gasteiger partial charge on any atom is -0.497 e. The Balaban J connectivity index is 1.69. The first-order chi connectivity index (χ1) is 9.78. The van der Waals surface area contributed by atoms with Gasteiger partial charge in [0, 0.05) is 11.6 Å². The Kier molecular flexibility index (Phi) is 3.37. The van der Waals surface area contributed by atoms with Crippen LogP contribution in [0.1, 0.15) is 11.5 Å². The van der Waals surface area contributed by atoms with Crippen molar-refractivity contribution in [2.45, 2.75) is 5.92 Å². The van der Waals surface area contributed by atoms with E-state index in [4.69, 9.17) is 19.9 Å². The average Bonchev–Trinajstić information content (AvgIpc) is 2.89. The molecule has 1 aliphatic rings. The summed E-state index contributed by atoms with van der Waals surface area (Å²) in [5.41, 5.74) is 7.71. The SMILES string of the molecule is COc1ccc(OCC2COc3ccccc32)c(N)c1. The number of methoxy groups -OCH3 is 1. The van der Waals surface area contributed by atoms with Gasteiger partial charge in [-0.2, -0.15) is 0 Å². The number of hydrogen-bond donors (Lipinski definition) is 1. The normalized spacial score (nSPS) is 16.4. The average molecular weight is 271 g/mol. The van der Waals surface area contributed by atoms with Crippen LogP contribution in [0.4, 0.5) is 5.69 Å². The molecule has 0 spiro atoms. The van der Waals surface area contributed by atoms with E-state index in [1.165, 1.54) is 5.56 Å². The predicted molar refractivity (Wildman–Crippen MR) is 77.6 cm³/mol. The van der Waals surface area contributed by atoms with Crippen LogP contribution in [0.2, 0.25) is 0 Å². The molecule has 0 radical (unpaired) electrons. The summed E-state index contributed by atoms with van der Waals surface area (Å²) >= 11 is 0. The molecule has 0 fully saturated rings. The Morgan fingerprint density at radius 1 is 1.25 bits per heavy atom. The Bertz CT molecular complexity index is 612. The summed E-state index contributed by atoms with van der Waals surface area (Å²) in [4.78, 5) is 0. The molecule has 2 aromatic rings. The maximum absolute atomic E-state index is 5.94. The van der Waals surface area contributed by atoms with Gasteiger partial charge in [0.15, 0.2) is 0 Å². The molecule has 4 nitrogen and oxygen atoms in total. The summed E-state index contributed by atoms with van der Waals surface area (Å²) in [7, 11) is 1.61. The van der Waals surface area contributed by atoms with Gasteiger partial charge in [-0.05, 0) is 18.2 Å². The van der Waals surface area contributed by atoms with Crippen molar-refractivity contribution in [3.05, 3.63) is 48.0 Å². The number of hydrogen-bond acceptors (Lipinski definition) is 4. The second kappa shape index (κ2) is 5.33. The maximum atomic E-state index is 5.94. The fourth-order valence-electron chi connectivity index (χ4n) is 2.34. The molecule has 1 aliphatic heterocycles. The lowest BCUT2D eigenvalue weighted by Crippen LogP contribution is -2.12. The summed E-state index contributed by atoms with van der Waals surface area (Å²) in [6, 6.07) is 13.5. The van der Waals surface area contributed by atoms with Gasteiger partial charge in [-0.25, -0.2) is 0 Å². The summed E-state index contributed by atoms with van der Waals surface area (Å²) < 4.78 is 16.6. The quantitative estimate of drug-likeness (QED) is 0.869. The molecule has 0 bridgehead atoms. The standard InChI is InChI=1S/C16H17NO3/c1-18-12-6-7-16(14(17)8-12)20-10-11-9-19-15-5-3-2-4-13(11)15/h2-8,11H,9-10,17H2,1H3. The van der Waals surface area contributed by atoms with Gasteiger partial charge < -0.3 is 19.9 Å². The van der Waals surface area contributed by atoms with Gasteiger partial charge in [0.05, 0.1) is 31.9 Å². The van der Waals surface area contributed by atoms with Crippen molar-refractivity contribution >= 4 is 5.69 Å². The molecule has 0 amide bonds. The molecule has 4 heteroatoms. The summed E-state index contributed by atoms with van der Waals surface area (Å²) in [5.74, 6) is 2.59. The molecule has 0 saturated heterocycles. The molecule has 0 aromatic heterocycles. The third-order valence-electron chi connectivity index (χ3n) is 3.46. The summed E-state index contributed by atoms with van der Waals surface area (Å²) in [6.07, 6.45) is 0. The minimum atomic E-state index is 0.243. The van der Waals surface area contributed by atoms with Crippen LogP contribution in [0.5, 0.6) is 17.2 Å². The second-order valence-corrected chi connectivity index (χ2v) is 4.76. The topological polar surface area (TPSA) is 53.7 Å². The molecule has 2 aromatic carbocycles. The van der Waals surface area contributed by atoms with Crippen LogP contribution in [0.15, 0.2) is 42.5 Å². The molecule has 1 unspecified atom stereocenters. The number of ether oxygens (including phenoxy) is 3. The molecule has 0 aliphatic carbocycles. The van der Waals surface area contributed by atoms with E-state index in [9.17, 15) is 0 Å². The summed E-state index contributed by atoms with van der Waals surface area (Å²) in [6.45, 7) is 1.20. The second-order valence-electron chi connectivity index (χ2n) is 4.76. The zero-order valence-corrected chi connectivity index (χ0v) is 11.3. The molecular weight excluding hydrogens is 254 g/mol. The maximum Gasteiger partial charge on any atom is 0.142 e. The van der Waals surface area contributed by atoms with Crippen molar-refractivity contribution in [1.82, 2.24) is 0 Å². The third-order valence-corrected chi connectivity index (χ3v) is 3.46. The predicted octanol–water partition coefficient (Wildman–Crippen LogP) is 2.83. The van der Waals surface area contributed by atoms with Crippen molar-refractivity contribution in [2.24, 2.45) is 0 Å². The highest BCUT2D eigenvalue weighted by atomic mass is 16.5. The van der Waals surface area contributed by atoms with Crippen LogP contribution in [-0.4, -0.2) is 20.3 Å². The highest BCUT2D eigenvalue weighted by Crippen LogP contribution is 2.34. The molecule has 3 rings (SSSR count). The molecule has 104 valence electrons. The van der Waals surface area contributed by atoms with E-state index in [0.717, 1.165) is 11.5 Å². The lowest BCUT2D eigenvalue weighted by Gasteiger charge is -2.13. The number of benzene rings is 2. The molecule has 20 heavy (non-hydrogen) atoms. The summed E-state index contributed by atoms with van der Waals surface area (Å²) in [5, 5.41) is 0. The van der Waals surface area contributed by atoms with E-state index >= 15 is 0 Å². The Labute approximate surface area is 118 Å². The monoisotopic (exact) mass is 271 g/mol. The van der Waals surface area contributed by atoms with Crippen molar-refractivity contribution in [1.29, 1.82) is 0 Å². The Morgan fingerprint density at radius 3 is 2.90 bits per heavy atom. The number of anilines is 1. The van der Waals surface area contributed by atoms with E-state index in [1.54, 1.807) is 13.2 Å². The van der Waals surface area contributed by atoms with Gasteiger partial charge in [-0.1, -0.05) is 18.2 Å². The van der Waals surface area contributed by atoms with E-state index in [1.807, 2.05) is 30.3 Å². The van der Waals surface area contributed by atoms with Gasteiger partial charge >= 0.3 is 0 Å². The van der Waals surface area contributed by atoms with Crippen LogP contribution in [0, 0.1) is 0 Å². The number of rotatable bonds is 4. The molecule has 0 saturated carbocycles. The zero-order chi connectivity index (χ0) is 13.9. The zero-order valence-electron chi connectivity index (χ0n) is 11.3. The first-order valence-corrected chi connectivity index (χ1v) is 6.56. The highest BCUT2D eigenvalue weighted by Gasteiger charge is 2.24. The Morgan fingerprint density at radius 2 is 2.10 bits per heavy atom. The van der Waals surface area contributed by atoms with Gasteiger partial charge in [0.25, 0.3) is 0 Å². The van der Waals surface area contributed by atoms with Crippen molar-refractivity contribution in [3.63, 3.8) is 0 Å². The molecule has 1 atom stereocenters. The molecule has 1 heterocycles. The number of fused-ring (bicyclic) bond motifs is 1. The lowest BCUT2D eigenvalue weighted by atomic mass is 10.0. The van der Waals surface area contributed by atoms with Crippen LogP contribution >= 0.6 is 0 Å². The number of para-hydroxylation sites is 1. The van der Waals surface area contributed by atoms with E-state index in [0.29, 0.717) is 24.7 Å². The highest BCUT2D eigenvalue weighted by molar-refractivity contribution is 5.56. The third kappa shape index (κ3) is 2.37. The van der Waals surface area contributed by atoms with E-state index < -0.39 is 0 Å². The molecule has 2 N–H and O–H groups in total. The van der Waals surface area contributed by atoms with E-state index in [-0.39, 0.29) is 5.92 Å². The van der Waals surface area contributed by atoms with Crippen molar-refractivity contribution in [3.8, 4) is 17.2 Å². The van der Waals surface area contributed by atoms with Crippen molar-refractivity contribution in [2.75, 3.05) is 26.1 Å². The van der Waals surface area contributed by atoms with Gasteiger partial charge in [-0.3, -0.25) is 0 Å². The van der Waals surface area contributed by atoms with Gasteiger partial charge in [-0.15, -0.1) is 0 Å². The Hall–Kier alpha value is -2.36. The van der Waals surface area contributed by atoms with Crippen LogP contribution in [0.25, 0.3) is 0 Å². The first kappa shape index (κ1) is 12.7.